The average molecular weight is 453 g/mol. The highest BCUT2D eigenvalue weighted by atomic mass is 19.1. The van der Waals surface area contributed by atoms with Crippen LogP contribution in [0.2, 0.25) is 0 Å². The zero-order valence-corrected chi connectivity index (χ0v) is 19.0. The van der Waals surface area contributed by atoms with Gasteiger partial charge in [-0.2, -0.15) is 0 Å². The van der Waals surface area contributed by atoms with Crippen LogP contribution in [-0.4, -0.2) is 45.8 Å². The third-order valence-electron chi connectivity index (χ3n) is 4.01. The molecule has 2 amide bonds. The molecule has 0 N–H and O–H groups in total. The Hall–Kier alpha value is -3.24. The number of carbonyl (C=O) groups excluding carboxylic acids is 2. The van der Waals surface area contributed by atoms with Crippen LogP contribution in [0.1, 0.15) is 66.0 Å². The molecule has 1 atom stereocenters. The first-order valence-corrected chi connectivity index (χ1v) is 10.1. The first-order valence-electron chi connectivity index (χ1n) is 10.1. The number of nitrogens with zero attached hydrogens (tertiary/aromatic N) is 3. The molecule has 0 bridgehead atoms. The van der Waals surface area contributed by atoms with Crippen LogP contribution >= 0.6 is 0 Å². The van der Waals surface area contributed by atoms with Crippen molar-refractivity contribution in [1.29, 1.82) is 0 Å². The van der Waals surface area contributed by atoms with E-state index in [4.69, 9.17) is 14.2 Å². The molecule has 0 radical (unpaired) electrons. The number of hydrogen-bond acceptors (Lipinski definition) is 8. The van der Waals surface area contributed by atoms with Crippen LogP contribution < -0.4 is 0 Å². The number of hydrogen-bond donors (Lipinski definition) is 0. The van der Waals surface area contributed by atoms with Crippen LogP contribution in [0.25, 0.3) is 0 Å². The summed E-state index contributed by atoms with van der Waals surface area (Å²) in [6.45, 7) is 9.80. The van der Waals surface area contributed by atoms with E-state index in [9.17, 15) is 24.1 Å². The van der Waals surface area contributed by atoms with Crippen LogP contribution in [0.15, 0.2) is 23.2 Å². The molecule has 0 aromatic heterocycles. The quantitative estimate of drug-likeness (QED) is 0.450. The van der Waals surface area contributed by atoms with Gasteiger partial charge < -0.3 is 14.2 Å². The molecule has 0 spiro atoms. The van der Waals surface area contributed by atoms with Crippen LogP contribution in [0.5, 0.6) is 0 Å². The highest BCUT2D eigenvalue weighted by molar-refractivity contribution is 6.05. The lowest BCUT2D eigenvalue weighted by atomic mass is 10.0. The molecule has 1 aromatic rings. The Labute approximate surface area is 185 Å². The minimum atomic E-state index is -1.08. The Kier molecular flexibility index (Phi) is 7.42. The summed E-state index contributed by atoms with van der Waals surface area (Å²) in [5.41, 5.74) is -2.22. The van der Waals surface area contributed by atoms with Crippen LogP contribution in [-0.2, 0) is 14.2 Å². The van der Waals surface area contributed by atoms with Crippen molar-refractivity contribution < 1.29 is 33.1 Å². The Morgan fingerprint density at radius 2 is 1.72 bits per heavy atom. The predicted molar refractivity (Wildman–Crippen MR) is 113 cm³/mol. The fourth-order valence-electron chi connectivity index (χ4n) is 2.77. The summed E-state index contributed by atoms with van der Waals surface area (Å²) in [5, 5.41) is 11.1. The van der Waals surface area contributed by atoms with Gasteiger partial charge in [0, 0.05) is 17.7 Å². The minimum Gasteiger partial charge on any atom is -0.464 e. The van der Waals surface area contributed by atoms with Gasteiger partial charge in [0.2, 0.25) is 0 Å². The van der Waals surface area contributed by atoms with Gasteiger partial charge in [-0.3, -0.25) is 10.1 Å². The second-order valence-electron chi connectivity index (χ2n) is 9.18. The van der Waals surface area contributed by atoms with Crippen LogP contribution in [0.4, 0.5) is 19.7 Å². The van der Waals surface area contributed by atoms with Crippen molar-refractivity contribution >= 4 is 23.9 Å². The summed E-state index contributed by atoms with van der Waals surface area (Å²) >= 11 is 0. The molecular formula is C21H28FN3O7. The van der Waals surface area contributed by atoms with Crippen LogP contribution in [0.3, 0.4) is 0 Å². The molecule has 0 aliphatic carbocycles. The summed E-state index contributed by atoms with van der Waals surface area (Å²) in [6.07, 6.45) is -1.48. The molecule has 1 aliphatic rings. The van der Waals surface area contributed by atoms with E-state index in [1.807, 2.05) is 0 Å². The Morgan fingerprint density at radius 3 is 2.22 bits per heavy atom. The smallest absolute Gasteiger partial charge is 0.428 e. The van der Waals surface area contributed by atoms with Gasteiger partial charge in [0.05, 0.1) is 17.6 Å². The van der Waals surface area contributed by atoms with E-state index in [1.165, 1.54) is 0 Å². The van der Waals surface area contributed by atoms with Gasteiger partial charge >= 0.3 is 18.2 Å². The monoisotopic (exact) mass is 453 g/mol. The maximum Gasteiger partial charge on any atom is 0.428 e. The van der Waals surface area contributed by atoms with Gasteiger partial charge in [0.15, 0.2) is 0 Å². The number of amidine groups is 1. The average Bonchev–Trinajstić information content (AvgIpc) is 2.85. The van der Waals surface area contributed by atoms with Gasteiger partial charge in [-0.1, -0.05) is 0 Å². The maximum atomic E-state index is 14.5. The number of rotatable bonds is 2. The van der Waals surface area contributed by atoms with Crippen molar-refractivity contribution in [2.24, 2.45) is 4.99 Å². The Balaban J connectivity index is 2.52. The number of imide groups is 1. The highest BCUT2D eigenvalue weighted by Crippen LogP contribution is 2.31. The van der Waals surface area contributed by atoms with Gasteiger partial charge in [0.25, 0.3) is 5.69 Å². The lowest BCUT2D eigenvalue weighted by Gasteiger charge is -2.28. The molecule has 1 aliphatic heterocycles. The number of nitro groups is 1. The molecule has 32 heavy (non-hydrogen) atoms. The summed E-state index contributed by atoms with van der Waals surface area (Å²) in [4.78, 5) is 40.9. The second kappa shape index (κ2) is 9.49. The maximum absolute atomic E-state index is 14.5. The third-order valence-corrected chi connectivity index (χ3v) is 4.01. The van der Waals surface area contributed by atoms with E-state index < -0.39 is 46.2 Å². The number of benzene rings is 1. The summed E-state index contributed by atoms with van der Waals surface area (Å²) in [6, 6.07) is 1.75. The standard InChI is InChI=1S/C21H28FN3O7/c1-20(2,3)31-18(26)24(19(27)32-21(4,5)6)17-23-16(8-7-11-30-17)14-12-13(25(28)29)9-10-15(14)22/h9-10,12,16H,7-8,11H2,1-6H3. The van der Waals surface area contributed by atoms with Crippen molar-refractivity contribution in [1.82, 2.24) is 4.90 Å². The number of non-ortho nitro benzene ring substituents is 1. The van der Waals surface area contributed by atoms with Crippen molar-refractivity contribution in [3.05, 3.63) is 39.7 Å². The lowest BCUT2D eigenvalue weighted by molar-refractivity contribution is -0.385. The summed E-state index contributed by atoms with van der Waals surface area (Å²) in [5.74, 6) is -0.702. The number of carbonyl (C=O) groups is 2. The number of ether oxygens (including phenoxy) is 3. The normalized spacial score (nSPS) is 16.8. The SMILES string of the molecule is CC(C)(C)OC(=O)N(C(=O)OC(C)(C)C)C1=NC(c2cc([N+](=O)[O-])ccc2F)CCCO1. The van der Waals surface area contributed by atoms with Gasteiger partial charge in [-0.05, 0) is 60.5 Å². The predicted octanol–water partition coefficient (Wildman–Crippen LogP) is 5.11. The highest BCUT2D eigenvalue weighted by Gasteiger charge is 2.38. The Bertz CT molecular complexity index is 891. The van der Waals surface area contributed by atoms with E-state index in [-0.39, 0.29) is 24.3 Å². The Morgan fingerprint density at radius 1 is 1.16 bits per heavy atom. The first-order chi connectivity index (χ1) is 14.7. The molecule has 1 heterocycles. The molecule has 1 aromatic carbocycles. The molecule has 2 rings (SSSR count). The summed E-state index contributed by atoms with van der Waals surface area (Å²) < 4.78 is 30.6. The molecule has 0 saturated heterocycles. The number of amides is 2. The molecule has 0 fully saturated rings. The number of aliphatic imine (C=N–C) groups is 1. The zero-order chi connectivity index (χ0) is 24.3. The fraction of sp³-hybridized carbons (Fsp3) is 0.571. The largest absolute Gasteiger partial charge is 0.464 e. The summed E-state index contributed by atoms with van der Waals surface area (Å²) in [7, 11) is 0. The van der Waals surface area contributed by atoms with Crippen LogP contribution in [0, 0.1) is 15.9 Å². The minimum absolute atomic E-state index is 0.0458. The van der Waals surface area contributed by atoms with Crippen molar-refractivity contribution in [2.75, 3.05) is 6.61 Å². The molecule has 1 unspecified atom stereocenters. The topological polar surface area (TPSA) is 121 Å². The molecule has 11 heteroatoms. The number of halogens is 1. The van der Waals surface area contributed by atoms with E-state index in [1.54, 1.807) is 41.5 Å². The fourth-order valence-corrected chi connectivity index (χ4v) is 2.77. The van der Waals surface area contributed by atoms with E-state index in [0.29, 0.717) is 11.3 Å². The molecular weight excluding hydrogens is 425 g/mol. The van der Waals surface area contributed by atoms with Gasteiger partial charge in [0.1, 0.15) is 17.0 Å². The van der Waals surface area contributed by atoms with Crippen molar-refractivity contribution in [2.45, 2.75) is 71.6 Å². The molecule has 10 nitrogen and oxygen atoms in total. The molecule has 0 saturated carbocycles. The molecule has 176 valence electrons. The third kappa shape index (κ3) is 6.89. The first kappa shape index (κ1) is 25.0. The second-order valence-corrected chi connectivity index (χ2v) is 9.18. The van der Waals surface area contributed by atoms with E-state index in [2.05, 4.69) is 4.99 Å². The van der Waals surface area contributed by atoms with Crippen molar-refractivity contribution in [3.8, 4) is 0 Å². The van der Waals surface area contributed by atoms with Gasteiger partial charge in [-0.25, -0.2) is 19.0 Å². The number of nitro benzene ring substituents is 1. The van der Waals surface area contributed by atoms with Gasteiger partial charge in [-0.15, -0.1) is 4.90 Å². The van der Waals surface area contributed by atoms with E-state index >= 15 is 0 Å². The van der Waals surface area contributed by atoms with Crippen molar-refractivity contribution in [3.63, 3.8) is 0 Å². The lowest BCUT2D eigenvalue weighted by Crippen LogP contribution is -2.47. The zero-order valence-electron chi connectivity index (χ0n) is 19.0. The van der Waals surface area contributed by atoms with E-state index in [0.717, 1.165) is 18.2 Å².